The van der Waals surface area contributed by atoms with Crippen molar-refractivity contribution in [3.63, 3.8) is 0 Å². The second-order valence-corrected chi connectivity index (χ2v) is 9.79. The molecule has 1 aliphatic heterocycles. The monoisotopic (exact) mass is 493 g/mol. The number of halogens is 1. The van der Waals surface area contributed by atoms with E-state index in [1.807, 2.05) is 6.92 Å². The third-order valence-corrected chi connectivity index (χ3v) is 6.48. The van der Waals surface area contributed by atoms with Crippen molar-refractivity contribution in [2.45, 2.75) is 32.9 Å². The summed E-state index contributed by atoms with van der Waals surface area (Å²) in [6.07, 6.45) is 1.68. The summed E-state index contributed by atoms with van der Waals surface area (Å²) in [5.41, 5.74) is 0.411. The Labute approximate surface area is 198 Å². The van der Waals surface area contributed by atoms with Crippen LogP contribution in [0.25, 0.3) is 0 Å². The van der Waals surface area contributed by atoms with Gasteiger partial charge in [0.05, 0.1) is 11.9 Å². The van der Waals surface area contributed by atoms with Gasteiger partial charge in [-0.3, -0.25) is 13.9 Å². The van der Waals surface area contributed by atoms with E-state index >= 15 is 0 Å². The summed E-state index contributed by atoms with van der Waals surface area (Å²) in [7, 11) is -3.89. The van der Waals surface area contributed by atoms with E-state index in [9.17, 15) is 22.4 Å². The van der Waals surface area contributed by atoms with Gasteiger partial charge in [-0.2, -0.15) is 0 Å². The van der Waals surface area contributed by atoms with Crippen molar-refractivity contribution in [1.29, 1.82) is 0 Å². The number of anilines is 1. The van der Waals surface area contributed by atoms with Gasteiger partial charge >= 0.3 is 0 Å². The third kappa shape index (κ3) is 5.96. The van der Waals surface area contributed by atoms with Crippen LogP contribution >= 0.6 is 0 Å². The Balaban J connectivity index is 1.91. The van der Waals surface area contributed by atoms with Crippen LogP contribution in [0.5, 0.6) is 11.5 Å². The van der Waals surface area contributed by atoms with Crippen molar-refractivity contribution in [2.24, 2.45) is 0 Å². The van der Waals surface area contributed by atoms with Crippen LogP contribution in [0, 0.1) is 5.82 Å². The summed E-state index contributed by atoms with van der Waals surface area (Å²) in [5.74, 6) is -0.789. The first-order chi connectivity index (χ1) is 16.1. The summed E-state index contributed by atoms with van der Waals surface area (Å²) >= 11 is 0. The highest BCUT2D eigenvalue weighted by Crippen LogP contribution is 2.36. The van der Waals surface area contributed by atoms with Crippen molar-refractivity contribution >= 4 is 27.5 Å². The Morgan fingerprint density at radius 2 is 1.85 bits per heavy atom. The van der Waals surface area contributed by atoms with Gasteiger partial charge in [-0.25, -0.2) is 12.8 Å². The average Bonchev–Trinajstić information content (AvgIpc) is 3.27. The largest absolute Gasteiger partial charge is 0.454 e. The van der Waals surface area contributed by atoms with Gasteiger partial charge in [0.1, 0.15) is 18.4 Å². The zero-order valence-corrected chi connectivity index (χ0v) is 20.1. The first-order valence-corrected chi connectivity index (χ1v) is 12.6. The molecule has 1 heterocycles. The fourth-order valence-electron chi connectivity index (χ4n) is 3.44. The number of ether oxygens (including phenoxy) is 2. The Bertz CT molecular complexity index is 1160. The molecule has 1 atom stereocenters. The number of nitrogens with zero attached hydrogens (tertiary/aromatic N) is 2. The van der Waals surface area contributed by atoms with Gasteiger partial charge in [0.25, 0.3) is 0 Å². The summed E-state index contributed by atoms with van der Waals surface area (Å²) in [6.45, 7) is 3.05. The number of sulfonamides is 1. The molecule has 0 bridgehead atoms. The molecule has 9 nitrogen and oxygen atoms in total. The molecule has 2 aromatic rings. The maximum atomic E-state index is 14.4. The topological polar surface area (TPSA) is 105 Å². The quantitative estimate of drug-likeness (QED) is 0.544. The molecule has 0 spiro atoms. The standard InChI is InChI=1S/C23H28FN3O6S/c1-4-11-25-23(29)16(2)26(13-17-7-5-6-8-19(17)24)22(28)14-27(34(3,30)31)18-9-10-20-21(12-18)33-15-32-20/h5-10,12,16H,4,11,13-15H2,1-3H3,(H,25,29)/t16-/m0/s1. The highest BCUT2D eigenvalue weighted by molar-refractivity contribution is 7.92. The van der Waals surface area contributed by atoms with E-state index in [2.05, 4.69) is 5.32 Å². The first kappa shape index (κ1) is 25.3. The van der Waals surface area contributed by atoms with Crippen LogP contribution < -0.4 is 19.1 Å². The van der Waals surface area contributed by atoms with E-state index in [4.69, 9.17) is 9.47 Å². The molecule has 1 N–H and O–H groups in total. The van der Waals surface area contributed by atoms with Crippen LogP contribution in [0.15, 0.2) is 42.5 Å². The summed E-state index contributed by atoms with van der Waals surface area (Å²) < 4.78 is 51.0. The maximum Gasteiger partial charge on any atom is 0.244 e. The van der Waals surface area contributed by atoms with Crippen molar-refractivity contribution in [3.05, 3.63) is 53.8 Å². The van der Waals surface area contributed by atoms with Crippen molar-refractivity contribution in [2.75, 3.05) is 30.4 Å². The minimum atomic E-state index is -3.89. The Morgan fingerprint density at radius 3 is 2.53 bits per heavy atom. The molecule has 3 rings (SSSR count). The van der Waals surface area contributed by atoms with E-state index < -0.39 is 40.2 Å². The minimum absolute atomic E-state index is 0.0113. The molecule has 0 unspecified atom stereocenters. The van der Waals surface area contributed by atoms with Gasteiger partial charge < -0.3 is 19.7 Å². The predicted octanol–water partition coefficient (Wildman–Crippen LogP) is 2.26. The van der Waals surface area contributed by atoms with Gasteiger partial charge in [-0.15, -0.1) is 0 Å². The number of carbonyl (C=O) groups excluding carboxylic acids is 2. The van der Waals surface area contributed by atoms with Crippen LogP contribution in [0.2, 0.25) is 0 Å². The zero-order valence-electron chi connectivity index (χ0n) is 19.3. The van der Waals surface area contributed by atoms with Crippen molar-refractivity contribution < 1.29 is 31.9 Å². The van der Waals surface area contributed by atoms with E-state index in [1.165, 1.54) is 42.2 Å². The lowest BCUT2D eigenvalue weighted by Gasteiger charge is -2.31. The highest BCUT2D eigenvalue weighted by atomic mass is 32.2. The first-order valence-electron chi connectivity index (χ1n) is 10.8. The maximum absolute atomic E-state index is 14.4. The average molecular weight is 494 g/mol. The number of rotatable bonds is 10. The molecular formula is C23H28FN3O6S. The molecule has 34 heavy (non-hydrogen) atoms. The molecule has 184 valence electrons. The highest BCUT2D eigenvalue weighted by Gasteiger charge is 2.31. The molecule has 0 aromatic heterocycles. The molecule has 2 amide bonds. The normalized spacial score (nSPS) is 13.3. The summed E-state index contributed by atoms with van der Waals surface area (Å²) in [6, 6.07) is 9.48. The molecular weight excluding hydrogens is 465 g/mol. The summed E-state index contributed by atoms with van der Waals surface area (Å²) in [4.78, 5) is 27.2. The van der Waals surface area contributed by atoms with E-state index in [-0.39, 0.29) is 24.6 Å². The van der Waals surface area contributed by atoms with E-state index in [0.717, 1.165) is 10.6 Å². The third-order valence-electron chi connectivity index (χ3n) is 5.34. The van der Waals surface area contributed by atoms with Gasteiger partial charge in [-0.05, 0) is 31.5 Å². The molecule has 0 fully saturated rings. The number of hydrogen-bond acceptors (Lipinski definition) is 6. The molecule has 1 aliphatic rings. The van der Waals surface area contributed by atoms with Crippen LogP contribution in [-0.4, -0.2) is 57.3 Å². The molecule has 2 aromatic carbocycles. The van der Waals surface area contributed by atoms with Gasteiger partial charge in [0, 0.05) is 24.7 Å². The lowest BCUT2D eigenvalue weighted by Crippen LogP contribution is -2.51. The Hall–Kier alpha value is -3.34. The lowest BCUT2D eigenvalue weighted by atomic mass is 10.1. The second-order valence-electron chi connectivity index (χ2n) is 7.89. The SMILES string of the molecule is CCCNC(=O)[C@H](C)N(Cc1ccccc1F)C(=O)CN(c1ccc2c(c1)OCO2)S(C)(=O)=O. The molecule has 0 aliphatic carbocycles. The zero-order chi connectivity index (χ0) is 24.9. The van der Waals surface area contributed by atoms with Crippen LogP contribution in [0.4, 0.5) is 10.1 Å². The van der Waals surface area contributed by atoms with Gasteiger partial charge in [0.2, 0.25) is 28.6 Å². The van der Waals surface area contributed by atoms with Crippen LogP contribution in [-0.2, 0) is 26.2 Å². The van der Waals surface area contributed by atoms with E-state index in [1.54, 1.807) is 12.1 Å². The number of benzene rings is 2. The molecule has 11 heteroatoms. The van der Waals surface area contributed by atoms with Crippen molar-refractivity contribution in [1.82, 2.24) is 10.2 Å². The minimum Gasteiger partial charge on any atom is -0.454 e. The molecule has 0 radical (unpaired) electrons. The number of amides is 2. The fraction of sp³-hybridized carbons (Fsp3) is 0.391. The Kier molecular flexibility index (Phi) is 7.98. The number of nitrogens with one attached hydrogen (secondary N) is 1. The second kappa shape index (κ2) is 10.7. The Morgan fingerprint density at radius 1 is 1.15 bits per heavy atom. The fourth-order valence-corrected chi connectivity index (χ4v) is 4.28. The van der Waals surface area contributed by atoms with Crippen molar-refractivity contribution in [3.8, 4) is 11.5 Å². The summed E-state index contributed by atoms with van der Waals surface area (Å²) in [5, 5.41) is 2.72. The van der Waals surface area contributed by atoms with Gasteiger partial charge in [0.15, 0.2) is 11.5 Å². The smallest absolute Gasteiger partial charge is 0.244 e. The predicted molar refractivity (Wildman–Crippen MR) is 124 cm³/mol. The van der Waals surface area contributed by atoms with Gasteiger partial charge in [-0.1, -0.05) is 25.1 Å². The number of fused-ring (bicyclic) bond motifs is 1. The number of hydrogen-bond donors (Lipinski definition) is 1. The lowest BCUT2D eigenvalue weighted by molar-refractivity contribution is -0.139. The molecule has 0 saturated carbocycles. The van der Waals surface area contributed by atoms with Crippen LogP contribution in [0.3, 0.4) is 0 Å². The van der Waals surface area contributed by atoms with E-state index in [0.29, 0.717) is 24.5 Å². The van der Waals surface area contributed by atoms with Crippen LogP contribution in [0.1, 0.15) is 25.8 Å². The molecule has 0 saturated heterocycles. The number of carbonyl (C=O) groups is 2.